The molecular weight excluding hydrogens is 354 g/mol. The molecule has 0 unspecified atom stereocenters. The number of fused-ring (bicyclic) bond motifs is 1. The average molecular weight is 376 g/mol. The van der Waals surface area contributed by atoms with Crippen LogP contribution in [-0.4, -0.2) is 48.6 Å². The van der Waals surface area contributed by atoms with Crippen molar-refractivity contribution < 1.29 is 13.2 Å². The first-order valence-corrected chi connectivity index (χ1v) is 11.5. The van der Waals surface area contributed by atoms with Crippen LogP contribution >= 0.6 is 11.8 Å². The van der Waals surface area contributed by atoms with Gasteiger partial charge in [-0.15, -0.1) is 11.8 Å². The van der Waals surface area contributed by atoms with Gasteiger partial charge in [0.2, 0.25) is 5.91 Å². The van der Waals surface area contributed by atoms with Gasteiger partial charge in [-0.1, -0.05) is 30.3 Å². The number of rotatable bonds is 5. The van der Waals surface area contributed by atoms with E-state index >= 15 is 0 Å². The Labute approximate surface area is 152 Å². The van der Waals surface area contributed by atoms with E-state index in [1.54, 1.807) is 0 Å². The number of nitrogens with zero attached hydrogens (tertiary/aromatic N) is 1. The highest BCUT2D eigenvalue weighted by molar-refractivity contribution is 8.00. The molecule has 1 heterocycles. The molecule has 4 nitrogen and oxygen atoms in total. The molecule has 1 amide bonds. The standard InChI is InChI=1S/C19H21NO3S2/c21-19(20(16-6-7-16)17-9-10-25(22,23)13-17)12-24-18-8-5-14-3-1-2-4-15(14)11-18/h1-5,8,11,16-17H,6-7,9-10,12-13H2/t17-/m0/s1. The van der Waals surface area contributed by atoms with E-state index in [4.69, 9.17) is 0 Å². The lowest BCUT2D eigenvalue weighted by Gasteiger charge is -2.28. The summed E-state index contributed by atoms with van der Waals surface area (Å²) < 4.78 is 23.5. The zero-order valence-corrected chi connectivity index (χ0v) is 15.6. The second-order valence-corrected chi connectivity index (χ2v) is 10.2. The van der Waals surface area contributed by atoms with Crippen molar-refractivity contribution in [2.75, 3.05) is 17.3 Å². The number of hydrogen-bond donors (Lipinski definition) is 0. The van der Waals surface area contributed by atoms with Crippen molar-refractivity contribution in [1.82, 2.24) is 4.90 Å². The molecule has 0 aromatic heterocycles. The van der Waals surface area contributed by atoms with E-state index in [0.29, 0.717) is 12.2 Å². The first-order valence-electron chi connectivity index (χ1n) is 8.65. The average Bonchev–Trinajstić information content (AvgIpc) is 3.36. The highest BCUT2D eigenvalue weighted by Crippen LogP contribution is 2.33. The van der Waals surface area contributed by atoms with Gasteiger partial charge < -0.3 is 4.90 Å². The van der Waals surface area contributed by atoms with E-state index in [1.165, 1.54) is 22.5 Å². The molecule has 2 aromatic carbocycles. The van der Waals surface area contributed by atoms with E-state index in [2.05, 4.69) is 24.3 Å². The summed E-state index contributed by atoms with van der Waals surface area (Å²) in [6.07, 6.45) is 2.59. The smallest absolute Gasteiger partial charge is 0.233 e. The second kappa shape index (κ2) is 6.65. The predicted molar refractivity (Wildman–Crippen MR) is 102 cm³/mol. The summed E-state index contributed by atoms with van der Waals surface area (Å²) in [6, 6.07) is 14.5. The van der Waals surface area contributed by atoms with Gasteiger partial charge in [-0.05, 0) is 42.2 Å². The summed E-state index contributed by atoms with van der Waals surface area (Å²) >= 11 is 1.53. The van der Waals surface area contributed by atoms with Gasteiger partial charge in [-0.2, -0.15) is 0 Å². The summed E-state index contributed by atoms with van der Waals surface area (Å²) in [4.78, 5) is 15.7. The normalized spacial score (nSPS) is 22.2. The second-order valence-electron chi connectivity index (χ2n) is 6.89. The van der Waals surface area contributed by atoms with Crippen LogP contribution in [0.15, 0.2) is 47.4 Å². The molecule has 1 aliphatic heterocycles. The Morgan fingerprint density at radius 3 is 2.48 bits per heavy atom. The number of carbonyl (C=O) groups is 1. The largest absolute Gasteiger partial charge is 0.335 e. The van der Waals surface area contributed by atoms with Gasteiger partial charge in [-0.3, -0.25) is 4.79 Å². The third-order valence-corrected chi connectivity index (χ3v) is 7.64. The monoisotopic (exact) mass is 375 g/mol. The number of amides is 1. The van der Waals surface area contributed by atoms with Crippen LogP contribution in [0.1, 0.15) is 19.3 Å². The van der Waals surface area contributed by atoms with E-state index in [1.807, 2.05) is 23.1 Å². The number of sulfone groups is 1. The number of carbonyl (C=O) groups excluding carboxylic acids is 1. The van der Waals surface area contributed by atoms with Crippen molar-refractivity contribution in [3.63, 3.8) is 0 Å². The van der Waals surface area contributed by atoms with Gasteiger partial charge in [0.1, 0.15) is 0 Å². The molecule has 2 aromatic rings. The maximum absolute atomic E-state index is 12.8. The lowest BCUT2D eigenvalue weighted by Crippen LogP contribution is -2.43. The highest BCUT2D eigenvalue weighted by atomic mass is 32.2. The first-order chi connectivity index (χ1) is 12.0. The van der Waals surface area contributed by atoms with Gasteiger partial charge in [0.15, 0.2) is 9.84 Å². The zero-order chi connectivity index (χ0) is 17.4. The van der Waals surface area contributed by atoms with Gasteiger partial charge in [-0.25, -0.2) is 8.42 Å². The molecule has 4 rings (SSSR count). The van der Waals surface area contributed by atoms with E-state index in [-0.39, 0.29) is 29.5 Å². The molecule has 1 saturated carbocycles. The molecule has 6 heteroatoms. The molecule has 1 saturated heterocycles. The van der Waals surface area contributed by atoms with Gasteiger partial charge in [0.25, 0.3) is 0 Å². The molecule has 132 valence electrons. The molecule has 2 fully saturated rings. The number of benzene rings is 2. The molecule has 0 radical (unpaired) electrons. The van der Waals surface area contributed by atoms with Crippen LogP contribution in [0, 0.1) is 0 Å². The Bertz CT molecular complexity index is 906. The van der Waals surface area contributed by atoms with Gasteiger partial charge in [0.05, 0.1) is 17.3 Å². The molecule has 25 heavy (non-hydrogen) atoms. The molecule has 0 bridgehead atoms. The molecule has 2 aliphatic rings. The molecule has 1 aliphatic carbocycles. The lowest BCUT2D eigenvalue weighted by molar-refractivity contribution is -0.130. The Kier molecular flexibility index (Phi) is 4.50. The van der Waals surface area contributed by atoms with Gasteiger partial charge in [0, 0.05) is 17.0 Å². The fraction of sp³-hybridized carbons (Fsp3) is 0.421. The number of thioether (sulfide) groups is 1. The summed E-state index contributed by atoms with van der Waals surface area (Å²) in [6.45, 7) is 0. The van der Waals surface area contributed by atoms with E-state index < -0.39 is 9.84 Å². The maximum atomic E-state index is 12.8. The van der Waals surface area contributed by atoms with Crippen LogP contribution < -0.4 is 0 Å². The van der Waals surface area contributed by atoms with Crippen LogP contribution in [0.25, 0.3) is 10.8 Å². The topological polar surface area (TPSA) is 54.5 Å². The highest BCUT2D eigenvalue weighted by Gasteiger charge is 2.41. The number of hydrogen-bond acceptors (Lipinski definition) is 4. The summed E-state index contributed by atoms with van der Waals surface area (Å²) in [5.74, 6) is 0.788. The Hall–Kier alpha value is -1.53. The Balaban J connectivity index is 1.44. The minimum atomic E-state index is -2.97. The first kappa shape index (κ1) is 16.9. The maximum Gasteiger partial charge on any atom is 0.233 e. The Morgan fingerprint density at radius 1 is 1.04 bits per heavy atom. The van der Waals surface area contributed by atoms with E-state index in [9.17, 15) is 13.2 Å². The van der Waals surface area contributed by atoms with Crippen molar-refractivity contribution in [3.05, 3.63) is 42.5 Å². The third-order valence-electron chi connectivity index (χ3n) is 4.91. The van der Waals surface area contributed by atoms with Crippen LogP contribution in [0.5, 0.6) is 0 Å². The molecule has 1 atom stereocenters. The molecule has 0 spiro atoms. The fourth-order valence-corrected chi connectivity index (χ4v) is 6.05. The van der Waals surface area contributed by atoms with Crippen molar-refractivity contribution >= 4 is 38.3 Å². The zero-order valence-electron chi connectivity index (χ0n) is 13.9. The molecular formula is C19H21NO3S2. The van der Waals surface area contributed by atoms with Crippen LogP contribution in [0.4, 0.5) is 0 Å². The van der Waals surface area contributed by atoms with Crippen LogP contribution in [0.3, 0.4) is 0 Å². The lowest BCUT2D eigenvalue weighted by atomic mass is 10.1. The Morgan fingerprint density at radius 2 is 1.80 bits per heavy atom. The van der Waals surface area contributed by atoms with Crippen molar-refractivity contribution in [1.29, 1.82) is 0 Å². The van der Waals surface area contributed by atoms with Crippen LogP contribution in [0.2, 0.25) is 0 Å². The quantitative estimate of drug-likeness (QED) is 0.754. The summed E-state index contributed by atoms with van der Waals surface area (Å²) in [5, 5.41) is 2.36. The third kappa shape index (κ3) is 3.85. The van der Waals surface area contributed by atoms with Crippen molar-refractivity contribution in [2.24, 2.45) is 0 Å². The SMILES string of the molecule is O=C(CSc1ccc2ccccc2c1)N(C1CC1)[C@H]1CCS(=O)(=O)C1. The fourth-order valence-electron chi connectivity index (χ4n) is 3.53. The predicted octanol–water partition coefficient (Wildman–Crippen LogP) is 3.11. The summed E-state index contributed by atoms with van der Waals surface area (Å²) in [5.41, 5.74) is 0. The molecule has 0 N–H and O–H groups in total. The van der Waals surface area contributed by atoms with Crippen molar-refractivity contribution in [2.45, 2.75) is 36.2 Å². The van der Waals surface area contributed by atoms with Crippen molar-refractivity contribution in [3.8, 4) is 0 Å². The van der Waals surface area contributed by atoms with E-state index in [0.717, 1.165) is 17.7 Å². The van der Waals surface area contributed by atoms with Crippen LogP contribution in [-0.2, 0) is 14.6 Å². The minimum Gasteiger partial charge on any atom is -0.335 e. The van der Waals surface area contributed by atoms with Gasteiger partial charge >= 0.3 is 0 Å². The summed E-state index contributed by atoms with van der Waals surface area (Å²) in [7, 11) is -2.97. The minimum absolute atomic E-state index is 0.0720.